The van der Waals surface area contributed by atoms with Gasteiger partial charge in [0.15, 0.2) is 0 Å². The van der Waals surface area contributed by atoms with E-state index in [1.165, 1.54) is 0 Å². The summed E-state index contributed by atoms with van der Waals surface area (Å²) in [7, 11) is 0.305. The molecule has 2 aliphatic rings. The topological polar surface area (TPSA) is 61.0 Å². The molecule has 0 aromatic heterocycles. The van der Waals surface area contributed by atoms with Gasteiger partial charge in [-0.1, -0.05) is 0 Å². The number of hydrogen-bond acceptors (Lipinski definition) is 6. The minimum Gasteiger partial charge on any atom is -0.411 e. The first-order valence-electron chi connectivity index (χ1n) is 5.25. The SMILES string of the molecule is B(OCC1CNCO1)OCC1CNCO1. The van der Waals surface area contributed by atoms with Crippen LogP contribution in [-0.4, -0.2) is 59.7 Å². The first-order chi connectivity index (χ1) is 7.45. The van der Waals surface area contributed by atoms with Crippen LogP contribution in [0.2, 0.25) is 0 Å². The van der Waals surface area contributed by atoms with Crippen LogP contribution in [0, 0.1) is 0 Å². The maximum Gasteiger partial charge on any atom is 0.438 e. The Balaban J connectivity index is 1.41. The van der Waals surface area contributed by atoms with Gasteiger partial charge in [0.05, 0.1) is 38.9 Å². The fourth-order valence-electron chi connectivity index (χ4n) is 1.54. The molecule has 15 heavy (non-hydrogen) atoms. The second-order valence-electron chi connectivity index (χ2n) is 3.63. The van der Waals surface area contributed by atoms with Crippen molar-refractivity contribution < 1.29 is 18.8 Å². The standard InChI is InChI=1S/C8H17BN2O4/c1-7(12-5-10-1)3-14-9-15-4-8-2-11-6-13-8/h7-11H,1-6H2. The maximum atomic E-state index is 5.31. The Morgan fingerprint density at radius 2 is 1.53 bits per heavy atom. The summed E-state index contributed by atoms with van der Waals surface area (Å²) in [5.74, 6) is 0. The third-order valence-corrected chi connectivity index (χ3v) is 2.36. The van der Waals surface area contributed by atoms with Crippen molar-refractivity contribution >= 4 is 7.69 Å². The van der Waals surface area contributed by atoms with Gasteiger partial charge in [0.25, 0.3) is 0 Å². The van der Waals surface area contributed by atoms with Crippen molar-refractivity contribution in [3.63, 3.8) is 0 Å². The average Bonchev–Trinajstić information content (AvgIpc) is 2.88. The number of ether oxygens (including phenoxy) is 2. The lowest BCUT2D eigenvalue weighted by Gasteiger charge is -2.11. The van der Waals surface area contributed by atoms with Gasteiger partial charge in [-0.25, -0.2) is 0 Å². The highest BCUT2D eigenvalue weighted by Crippen LogP contribution is 1.99. The molecule has 86 valence electrons. The molecule has 2 aliphatic heterocycles. The molecule has 2 atom stereocenters. The van der Waals surface area contributed by atoms with Crippen LogP contribution in [0.15, 0.2) is 0 Å². The van der Waals surface area contributed by atoms with E-state index in [-0.39, 0.29) is 12.2 Å². The first kappa shape index (κ1) is 11.3. The molecule has 0 aliphatic carbocycles. The zero-order valence-corrected chi connectivity index (χ0v) is 8.74. The highest BCUT2D eigenvalue weighted by atomic mass is 16.6. The molecule has 2 saturated heterocycles. The molecule has 0 amide bonds. The molecular formula is C8H17BN2O4. The smallest absolute Gasteiger partial charge is 0.411 e. The van der Waals surface area contributed by atoms with Crippen LogP contribution in [0.4, 0.5) is 0 Å². The van der Waals surface area contributed by atoms with E-state index in [0.717, 1.165) is 13.1 Å². The number of nitrogens with one attached hydrogen (secondary N) is 2. The van der Waals surface area contributed by atoms with Gasteiger partial charge in [-0.3, -0.25) is 10.6 Å². The predicted molar refractivity (Wildman–Crippen MR) is 54.5 cm³/mol. The van der Waals surface area contributed by atoms with Gasteiger partial charge >= 0.3 is 7.69 Å². The van der Waals surface area contributed by atoms with E-state index in [2.05, 4.69) is 10.6 Å². The van der Waals surface area contributed by atoms with E-state index in [0.29, 0.717) is 34.4 Å². The van der Waals surface area contributed by atoms with Crippen molar-refractivity contribution in [2.24, 2.45) is 0 Å². The summed E-state index contributed by atoms with van der Waals surface area (Å²) in [5.41, 5.74) is 0. The van der Waals surface area contributed by atoms with E-state index in [1.54, 1.807) is 0 Å². The fourth-order valence-corrected chi connectivity index (χ4v) is 1.54. The molecule has 2 rings (SSSR count). The Kier molecular flexibility index (Phi) is 4.84. The first-order valence-corrected chi connectivity index (χ1v) is 5.25. The van der Waals surface area contributed by atoms with Crippen molar-refractivity contribution in [2.45, 2.75) is 12.2 Å². The van der Waals surface area contributed by atoms with Crippen molar-refractivity contribution in [1.82, 2.24) is 10.6 Å². The summed E-state index contributed by atoms with van der Waals surface area (Å²) >= 11 is 0. The third-order valence-electron chi connectivity index (χ3n) is 2.36. The summed E-state index contributed by atoms with van der Waals surface area (Å²) in [6.45, 7) is 4.12. The Bertz CT molecular complexity index is 156. The lowest BCUT2D eigenvalue weighted by atomic mass is 10.3. The van der Waals surface area contributed by atoms with Crippen LogP contribution in [0.3, 0.4) is 0 Å². The molecule has 0 spiro atoms. The Hall–Kier alpha value is -0.175. The van der Waals surface area contributed by atoms with E-state index in [4.69, 9.17) is 18.8 Å². The quantitative estimate of drug-likeness (QED) is 0.402. The lowest BCUT2D eigenvalue weighted by molar-refractivity contribution is 0.0462. The van der Waals surface area contributed by atoms with E-state index in [1.807, 2.05) is 0 Å². The van der Waals surface area contributed by atoms with Crippen LogP contribution in [0.5, 0.6) is 0 Å². The Morgan fingerprint density at radius 1 is 1.00 bits per heavy atom. The van der Waals surface area contributed by atoms with Gasteiger partial charge in [0.1, 0.15) is 0 Å². The van der Waals surface area contributed by atoms with Crippen LogP contribution in [0.1, 0.15) is 0 Å². The molecular weight excluding hydrogens is 199 g/mol. The summed E-state index contributed by atoms with van der Waals surface area (Å²) in [6, 6.07) is 0. The summed E-state index contributed by atoms with van der Waals surface area (Å²) in [5, 5.41) is 6.17. The highest BCUT2D eigenvalue weighted by Gasteiger charge is 2.16. The molecule has 2 heterocycles. The van der Waals surface area contributed by atoms with Crippen molar-refractivity contribution in [3.8, 4) is 0 Å². The average molecular weight is 216 g/mol. The molecule has 0 aromatic carbocycles. The van der Waals surface area contributed by atoms with Gasteiger partial charge in [-0.15, -0.1) is 0 Å². The van der Waals surface area contributed by atoms with E-state index in [9.17, 15) is 0 Å². The number of hydrogen-bond donors (Lipinski definition) is 2. The van der Waals surface area contributed by atoms with Gasteiger partial charge < -0.3 is 18.8 Å². The van der Waals surface area contributed by atoms with Crippen molar-refractivity contribution in [2.75, 3.05) is 39.8 Å². The minimum absolute atomic E-state index is 0.165. The normalized spacial score (nSPS) is 30.9. The zero-order valence-electron chi connectivity index (χ0n) is 8.74. The van der Waals surface area contributed by atoms with Crippen LogP contribution in [-0.2, 0) is 18.8 Å². The maximum absolute atomic E-state index is 5.31. The monoisotopic (exact) mass is 216 g/mol. The van der Waals surface area contributed by atoms with E-state index < -0.39 is 0 Å². The van der Waals surface area contributed by atoms with Crippen molar-refractivity contribution in [1.29, 1.82) is 0 Å². The van der Waals surface area contributed by atoms with Gasteiger partial charge in [-0.05, 0) is 0 Å². The zero-order chi connectivity index (χ0) is 10.3. The van der Waals surface area contributed by atoms with Crippen LogP contribution < -0.4 is 10.6 Å². The van der Waals surface area contributed by atoms with Crippen LogP contribution in [0.25, 0.3) is 0 Å². The molecule has 0 aromatic rings. The van der Waals surface area contributed by atoms with Gasteiger partial charge in [0.2, 0.25) is 0 Å². The lowest BCUT2D eigenvalue weighted by Crippen LogP contribution is -2.25. The fraction of sp³-hybridized carbons (Fsp3) is 1.00. The molecule has 0 bridgehead atoms. The largest absolute Gasteiger partial charge is 0.438 e. The third kappa shape index (κ3) is 4.06. The minimum atomic E-state index is 0.165. The molecule has 0 saturated carbocycles. The Labute approximate surface area is 89.9 Å². The molecule has 6 nitrogen and oxygen atoms in total. The summed E-state index contributed by atoms with van der Waals surface area (Å²) in [6.07, 6.45) is 0.330. The number of rotatable bonds is 6. The molecule has 7 heteroatoms. The summed E-state index contributed by atoms with van der Waals surface area (Å²) < 4.78 is 21.2. The summed E-state index contributed by atoms with van der Waals surface area (Å²) in [4.78, 5) is 0. The molecule has 0 radical (unpaired) electrons. The predicted octanol–water partition coefficient (Wildman–Crippen LogP) is -1.82. The highest BCUT2D eigenvalue weighted by molar-refractivity contribution is 6.17. The molecule has 2 unspecified atom stereocenters. The second kappa shape index (κ2) is 6.42. The van der Waals surface area contributed by atoms with E-state index >= 15 is 0 Å². The molecule has 2 N–H and O–H groups in total. The van der Waals surface area contributed by atoms with Gasteiger partial charge in [0, 0.05) is 13.1 Å². The second-order valence-corrected chi connectivity index (χ2v) is 3.63. The van der Waals surface area contributed by atoms with Crippen molar-refractivity contribution in [3.05, 3.63) is 0 Å². The van der Waals surface area contributed by atoms with Gasteiger partial charge in [-0.2, -0.15) is 0 Å². The Morgan fingerprint density at radius 3 is 1.93 bits per heavy atom. The van der Waals surface area contributed by atoms with Crippen LogP contribution >= 0.6 is 0 Å². The molecule has 2 fully saturated rings.